The van der Waals surface area contributed by atoms with Gasteiger partial charge in [-0.2, -0.15) is 0 Å². The number of piperidine rings is 1. The van der Waals surface area contributed by atoms with E-state index in [1.54, 1.807) is 0 Å². The number of guanidine groups is 1. The van der Waals surface area contributed by atoms with Gasteiger partial charge in [-0.3, -0.25) is 9.89 Å². The predicted octanol–water partition coefficient (Wildman–Crippen LogP) is 3.80. The number of rotatable bonds is 6. The van der Waals surface area contributed by atoms with E-state index in [4.69, 9.17) is 4.42 Å². The molecule has 0 unspecified atom stereocenters. The Bertz CT molecular complexity index is 777. The Hall–Kier alpha value is -1.61. The molecular weight excluding hydrogens is 477 g/mol. The molecule has 0 bridgehead atoms. The summed E-state index contributed by atoms with van der Waals surface area (Å²) in [6.07, 6.45) is 2.36. The van der Waals surface area contributed by atoms with Gasteiger partial charge < -0.3 is 15.1 Å². The highest BCUT2D eigenvalue weighted by Crippen LogP contribution is 2.19. The van der Waals surface area contributed by atoms with E-state index in [1.165, 1.54) is 24.0 Å². The van der Waals surface area contributed by atoms with Gasteiger partial charge in [0.25, 0.3) is 0 Å². The van der Waals surface area contributed by atoms with Gasteiger partial charge in [-0.25, -0.2) is 4.98 Å². The molecule has 1 aliphatic rings. The summed E-state index contributed by atoms with van der Waals surface area (Å²) in [5.74, 6) is 3.31. The van der Waals surface area contributed by atoms with Crippen molar-refractivity contribution in [2.75, 3.05) is 26.7 Å². The zero-order valence-electron chi connectivity index (χ0n) is 18.0. The van der Waals surface area contributed by atoms with Crippen LogP contribution in [0.5, 0.6) is 0 Å². The number of benzene rings is 1. The van der Waals surface area contributed by atoms with Gasteiger partial charge in [-0.05, 0) is 63.7 Å². The first-order valence-electron chi connectivity index (χ1n) is 10.2. The number of hydrogen-bond acceptors (Lipinski definition) is 4. The van der Waals surface area contributed by atoms with Gasteiger partial charge in [0.05, 0.1) is 12.2 Å². The highest BCUT2D eigenvalue weighted by molar-refractivity contribution is 14.0. The van der Waals surface area contributed by atoms with Crippen LogP contribution in [0.3, 0.4) is 0 Å². The molecule has 1 fully saturated rings. The number of aliphatic imine (C=N–C) groups is 1. The molecule has 0 amide bonds. The molecule has 0 spiro atoms. The molecular formula is C22H34IN5O. The van der Waals surface area contributed by atoms with Gasteiger partial charge in [0, 0.05) is 20.1 Å². The third-order valence-corrected chi connectivity index (χ3v) is 5.63. The molecule has 1 aromatic carbocycles. The molecule has 1 saturated heterocycles. The van der Waals surface area contributed by atoms with Crippen LogP contribution in [0, 0.1) is 26.7 Å². The van der Waals surface area contributed by atoms with Crippen molar-refractivity contribution in [3.8, 4) is 0 Å². The summed E-state index contributed by atoms with van der Waals surface area (Å²) in [6.45, 7) is 10.8. The van der Waals surface area contributed by atoms with E-state index in [-0.39, 0.29) is 24.0 Å². The second-order valence-electron chi connectivity index (χ2n) is 7.70. The lowest BCUT2D eigenvalue weighted by molar-refractivity contribution is 0.164. The standard InChI is InChI=1S/C22H33N5O.HI/c1-16-7-5-6-8-20(16)14-25-22(23-4)24-13-19-9-11-27(12-10-19)15-21-26-17(2)18(3)28-21;/h5-8,19H,9-15H2,1-4H3,(H2,23,24,25);1H. The molecule has 2 aromatic rings. The van der Waals surface area contributed by atoms with Crippen molar-refractivity contribution < 1.29 is 4.42 Å². The number of hydrogen-bond donors (Lipinski definition) is 2. The molecule has 3 rings (SSSR count). The summed E-state index contributed by atoms with van der Waals surface area (Å²) in [5.41, 5.74) is 3.60. The molecule has 0 saturated carbocycles. The highest BCUT2D eigenvalue weighted by Gasteiger charge is 2.21. The lowest BCUT2D eigenvalue weighted by Gasteiger charge is -2.31. The predicted molar refractivity (Wildman–Crippen MR) is 129 cm³/mol. The molecule has 1 aliphatic heterocycles. The summed E-state index contributed by atoms with van der Waals surface area (Å²) in [5, 5.41) is 6.92. The Labute approximate surface area is 191 Å². The van der Waals surface area contributed by atoms with E-state index >= 15 is 0 Å². The molecule has 0 aliphatic carbocycles. The lowest BCUT2D eigenvalue weighted by atomic mass is 9.97. The Morgan fingerprint density at radius 1 is 1.17 bits per heavy atom. The average Bonchev–Trinajstić information content (AvgIpc) is 3.01. The van der Waals surface area contributed by atoms with Crippen molar-refractivity contribution in [2.45, 2.75) is 46.7 Å². The van der Waals surface area contributed by atoms with Crippen LogP contribution in [0.15, 0.2) is 33.7 Å². The lowest BCUT2D eigenvalue weighted by Crippen LogP contribution is -2.42. The Balaban J connectivity index is 0.00000300. The molecule has 6 nitrogen and oxygen atoms in total. The van der Waals surface area contributed by atoms with E-state index in [0.29, 0.717) is 5.92 Å². The number of aryl methyl sites for hydroxylation is 3. The molecule has 7 heteroatoms. The summed E-state index contributed by atoms with van der Waals surface area (Å²) >= 11 is 0. The second kappa shape index (κ2) is 11.5. The maximum absolute atomic E-state index is 5.72. The van der Waals surface area contributed by atoms with E-state index in [0.717, 1.165) is 56.0 Å². The van der Waals surface area contributed by atoms with E-state index in [2.05, 4.69) is 56.7 Å². The van der Waals surface area contributed by atoms with Crippen LogP contribution in [-0.4, -0.2) is 42.5 Å². The summed E-state index contributed by atoms with van der Waals surface area (Å²) < 4.78 is 5.72. The maximum Gasteiger partial charge on any atom is 0.208 e. The number of likely N-dealkylation sites (tertiary alicyclic amines) is 1. The summed E-state index contributed by atoms with van der Waals surface area (Å²) in [7, 11) is 1.83. The number of nitrogens with zero attached hydrogens (tertiary/aromatic N) is 3. The molecule has 2 N–H and O–H groups in total. The summed E-state index contributed by atoms with van der Waals surface area (Å²) in [4.78, 5) is 11.3. The Kier molecular flexibility index (Phi) is 9.42. The molecule has 0 radical (unpaired) electrons. The van der Waals surface area contributed by atoms with Crippen molar-refractivity contribution in [1.29, 1.82) is 0 Å². The highest BCUT2D eigenvalue weighted by atomic mass is 127. The number of halogens is 1. The normalized spacial score (nSPS) is 15.8. The first-order valence-corrected chi connectivity index (χ1v) is 10.2. The number of nitrogens with one attached hydrogen (secondary N) is 2. The minimum Gasteiger partial charge on any atom is -0.444 e. The summed E-state index contributed by atoms with van der Waals surface area (Å²) in [6, 6.07) is 8.45. The molecule has 160 valence electrons. The molecule has 0 atom stereocenters. The van der Waals surface area contributed by atoms with Gasteiger partial charge in [0.1, 0.15) is 5.76 Å². The monoisotopic (exact) mass is 511 g/mol. The zero-order chi connectivity index (χ0) is 19.9. The van der Waals surface area contributed by atoms with Gasteiger partial charge in [-0.1, -0.05) is 24.3 Å². The first-order chi connectivity index (χ1) is 13.5. The van der Waals surface area contributed by atoms with E-state index in [1.807, 2.05) is 20.9 Å². The van der Waals surface area contributed by atoms with Crippen LogP contribution in [0.25, 0.3) is 0 Å². The fourth-order valence-electron chi connectivity index (χ4n) is 3.60. The van der Waals surface area contributed by atoms with Crippen LogP contribution >= 0.6 is 24.0 Å². The first kappa shape index (κ1) is 23.7. The van der Waals surface area contributed by atoms with Gasteiger partial charge in [0.15, 0.2) is 5.96 Å². The zero-order valence-corrected chi connectivity index (χ0v) is 20.3. The minimum absolute atomic E-state index is 0. The molecule has 29 heavy (non-hydrogen) atoms. The third-order valence-electron chi connectivity index (χ3n) is 5.63. The molecule has 2 heterocycles. The fourth-order valence-corrected chi connectivity index (χ4v) is 3.60. The molecule has 1 aromatic heterocycles. The van der Waals surface area contributed by atoms with Crippen LogP contribution in [-0.2, 0) is 13.1 Å². The topological polar surface area (TPSA) is 65.7 Å². The second-order valence-corrected chi connectivity index (χ2v) is 7.70. The van der Waals surface area contributed by atoms with Crippen LogP contribution < -0.4 is 10.6 Å². The van der Waals surface area contributed by atoms with Crippen molar-refractivity contribution in [3.63, 3.8) is 0 Å². The van der Waals surface area contributed by atoms with E-state index in [9.17, 15) is 0 Å². The third kappa shape index (κ3) is 6.99. The number of aromatic nitrogens is 1. The largest absolute Gasteiger partial charge is 0.444 e. The van der Waals surface area contributed by atoms with Crippen molar-refractivity contribution >= 4 is 29.9 Å². The van der Waals surface area contributed by atoms with Gasteiger partial charge in [-0.15, -0.1) is 24.0 Å². The quantitative estimate of drug-likeness (QED) is 0.351. The maximum atomic E-state index is 5.72. The van der Waals surface area contributed by atoms with Crippen LogP contribution in [0.4, 0.5) is 0 Å². The Morgan fingerprint density at radius 3 is 2.52 bits per heavy atom. The smallest absolute Gasteiger partial charge is 0.208 e. The van der Waals surface area contributed by atoms with Gasteiger partial charge >= 0.3 is 0 Å². The number of oxazole rings is 1. The minimum atomic E-state index is 0. The van der Waals surface area contributed by atoms with Crippen LogP contribution in [0.1, 0.15) is 41.3 Å². The fraction of sp³-hybridized carbons (Fsp3) is 0.545. The van der Waals surface area contributed by atoms with Gasteiger partial charge in [0.2, 0.25) is 5.89 Å². The van der Waals surface area contributed by atoms with Crippen molar-refractivity contribution in [2.24, 2.45) is 10.9 Å². The van der Waals surface area contributed by atoms with Crippen molar-refractivity contribution in [3.05, 3.63) is 52.7 Å². The Morgan fingerprint density at radius 2 is 1.90 bits per heavy atom. The SMILES string of the molecule is CN=C(NCc1ccccc1C)NCC1CCN(Cc2nc(C)c(C)o2)CC1.I. The average molecular weight is 511 g/mol. The van der Waals surface area contributed by atoms with E-state index < -0.39 is 0 Å². The van der Waals surface area contributed by atoms with Crippen molar-refractivity contribution in [1.82, 2.24) is 20.5 Å². The van der Waals surface area contributed by atoms with Crippen LogP contribution in [0.2, 0.25) is 0 Å².